The number of nitrogens with one attached hydrogen (secondary N) is 1. The van der Waals surface area contributed by atoms with Gasteiger partial charge in [0, 0.05) is 25.8 Å². The van der Waals surface area contributed by atoms with Crippen molar-refractivity contribution < 1.29 is 27.2 Å². The number of benzene rings is 1. The Morgan fingerprint density at radius 2 is 2.00 bits per heavy atom. The quantitative estimate of drug-likeness (QED) is 0.498. The van der Waals surface area contributed by atoms with Crippen LogP contribution in [-0.2, 0) is 10.9 Å². The van der Waals surface area contributed by atoms with E-state index in [4.69, 9.17) is 9.26 Å². The van der Waals surface area contributed by atoms with Crippen molar-refractivity contribution in [3.8, 4) is 11.3 Å². The molecule has 10 heteroatoms. The second kappa shape index (κ2) is 10.1. The topological polar surface area (TPSA) is 80.5 Å². The lowest BCUT2D eigenvalue weighted by Crippen LogP contribution is -2.29. The predicted octanol–water partition coefficient (Wildman–Crippen LogP) is 3.92. The highest BCUT2D eigenvalue weighted by atomic mass is 19.4. The van der Waals surface area contributed by atoms with Crippen molar-refractivity contribution in [3.05, 3.63) is 47.2 Å². The number of amides is 1. The van der Waals surface area contributed by atoms with Crippen molar-refractivity contribution in [1.29, 1.82) is 0 Å². The van der Waals surface area contributed by atoms with E-state index >= 15 is 0 Å². The average Bonchev–Trinajstić information content (AvgIpc) is 3.14. The highest BCUT2D eigenvalue weighted by Gasteiger charge is 2.34. The van der Waals surface area contributed by atoms with Gasteiger partial charge >= 0.3 is 6.18 Å². The smallest absolute Gasteiger partial charge is 0.383 e. The van der Waals surface area contributed by atoms with Gasteiger partial charge in [0.1, 0.15) is 0 Å². The summed E-state index contributed by atoms with van der Waals surface area (Å²) in [5.74, 6) is -0.422. The van der Waals surface area contributed by atoms with Gasteiger partial charge in [-0.25, -0.2) is 4.98 Å². The van der Waals surface area contributed by atoms with E-state index in [2.05, 4.69) is 20.4 Å². The van der Waals surface area contributed by atoms with Crippen LogP contribution in [0.4, 0.5) is 13.2 Å². The molecule has 7 nitrogen and oxygen atoms in total. The molecule has 0 bridgehead atoms. The number of carbonyl (C=O) groups is 1. The number of hydrogen-bond donors (Lipinski definition) is 1. The van der Waals surface area contributed by atoms with Gasteiger partial charge in [-0.15, -0.1) is 0 Å². The lowest BCUT2D eigenvalue weighted by Gasteiger charge is -2.16. The summed E-state index contributed by atoms with van der Waals surface area (Å²) in [4.78, 5) is 19.2. The van der Waals surface area contributed by atoms with E-state index in [0.29, 0.717) is 30.7 Å². The average molecular weight is 450 g/mol. The molecule has 0 unspecified atom stereocenters. The first-order chi connectivity index (χ1) is 15.2. The molecule has 0 spiro atoms. The number of fused-ring (bicyclic) bond motifs is 1. The lowest BCUT2D eigenvalue weighted by atomic mass is 10.0. The summed E-state index contributed by atoms with van der Waals surface area (Å²) in [7, 11) is 3.59. The van der Waals surface area contributed by atoms with Crippen LogP contribution < -0.4 is 5.32 Å². The Morgan fingerprint density at radius 1 is 1.25 bits per heavy atom. The maximum atomic E-state index is 13.5. The highest BCUT2D eigenvalue weighted by molar-refractivity contribution is 6.07. The van der Waals surface area contributed by atoms with Crippen molar-refractivity contribution in [3.63, 3.8) is 0 Å². The first kappa shape index (κ1) is 23.7. The van der Waals surface area contributed by atoms with E-state index in [9.17, 15) is 18.0 Å². The molecule has 0 radical (unpaired) electrons. The molecule has 2 aromatic heterocycles. The molecule has 1 N–H and O–H groups in total. The fraction of sp³-hybridized carbons (Fsp3) is 0.409. The summed E-state index contributed by atoms with van der Waals surface area (Å²) in [6.45, 7) is 4.20. The molecule has 3 aromatic rings. The van der Waals surface area contributed by atoms with E-state index in [1.807, 2.05) is 7.05 Å². The zero-order valence-corrected chi connectivity index (χ0v) is 18.1. The molecule has 1 amide bonds. The number of rotatable bonds is 9. The number of alkyl halides is 3. The van der Waals surface area contributed by atoms with Crippen LogP contribution in [0, 0.1) is 6.92 Å². The molecule has 0 aliphatic heterocycles. The number of hydrogen-bond acceptors (Lipinski definition) is 6. The van der Waals surface area contributed by atoms with E-state index in [-0.39, 0.29) is 22.5 Å². The van der Waals surface area contributed by atoms with Crippen LogP contribution >= 0.6 is 0 Å². The third-order valence-corrected chi connectivity index (χ3v) is 5.05. The lowest BCUT2D eigenvalue weighted by molar-refractivity contribution is -0.137. The Morgan fingerprint density at radius 3 is 2.72 bits per heavy atom. The Kier molecular flexibility index (Phi) is 7.47. The van der Waals surface area contributed by atoms with Gasteiger partial charge in [0.15, 0.2) is 0 Å². The molecule has 32 heavy (non-hydrogen) atoms. The first-order valence-electron chi connectivity index (χ1n) is 10.1. The van der Waals surface area contributed by atoms with Crippen LogP contribution in [0.2, 0.25) is 0 Å². The van der Waals surface area contributed by atoms with Crippen LogP contribution in [0.25, 0.3) is 22.4 Å². The Labute approximate surface area is 183 Å². The zero-order valence-electron chi connectivity index (χ0n) is 18.1. The van der Waals surface area contributed by atoms with Gasteiger partial charge in [-0.3, -0.25) is 4.79 Å². The van der Waals surface area contributed by atoms with Gasteiger partial charge in [-0.1, -0.05) is 23.4 Å². The van der Waals surface area contributed by atoms with Crippen molar-refractivity contribution >= 4 is 17.0 Å². The molecule has 0 aliphatic rings. The standard InChI is InChI=1S/C22H25F3N4O3/c1-14-19-16(20(30)26-9-6-10-29(2)11-12-31-3)13-18(27-21(19)32-28-14)15-7-4-5-8-17(15)22(23,24)25/h4-5,7-8,13H,6,9-12H2,1-3H3,(H,26,30). The number of carbonyl (C=O) groups excluding carboxylic acids is 1. The van der Waals surface area contributed by atoms with Crippen molar-refractivity contribution in [2.45, 2.75) is 19.5 Å². The van der Waals surface area contributed by atoms with Gasteiger partial charge < -0.3 is 19.5 Å². The SMILES string of the molecule is COCCN(C)CCCNC(=O)c1cc(-c2ccccc2C(F)(F)F)nc2onc(C)c12. The van der Waals surface area contributed by atoms with Crippen molar-refractivity contribution in [1.82, 2.24) is 20.4 Å². The molecule has 0 fully saturated rings. The number of aryl methyl sites for hydroxylation is 1. The van der Waals surface area contributed by atoms with Crippen LogP contribution in [0.5, 0.6) is 0 Å². The maximum Gasteiger partial charge on any atom is 0.417 e. The van der Waals surface area contributed by atoms with Gasteiger partial charge in [-0.05, 0) is 39.1 Å². The Balaban J connectivity index is 1.86. The predicted molar refractivity (Wildman–Crippen MR) is 113 cm³/mol. The normalized spacial score (nSPS) is 12.0. The zero-order chi connectivity index (χ0) is 23.3. The molecule has 0 atom stereocenters. The van der Waals surface area contributed by atoms with Gasteiger partial charge in [0.2, 0.25) is 0 Å². The third-order valence-electron chi connectivity index (χ3n) is 5.05. The Hall–Kier alpha value is -2.98. The minimum Gasteiger partial charge on any atom is -0.383 e. The van der Waals surface area contributed by atoms with E-state index < -0.39 is 17.6 Å². The summed E-state index contributed by atoms with van der Waals surface area (Å²) in [5, 5.41) is 7.04. The third kappa shape index (κ3) is 5.43. The largest absolute Gasteiger partial charge is 0.417 e. The summed E-state index contributed by atoms with van der Waals surface area (Å²) in [6, 6.07) is 6.45. The number of halogens is 3. The molecular formula is C22H25F3N4O3. The molecule has 172 valence electrons. The monoisotopic (exact) mass is 450 g/mol. The van der Waals surface area contributed by atoms with Gasteiger partial charge in [0.25, 0.3) is 11.6 Å². The summed E-state index contributed by atoms with van der Waals surface area (Å²) in [6.07, 6.45) is -3.87. The number of aromatic nitrogens is 2. The molecule has 2 heterocycles. The molecule has 1 aromatic carbocycles. The summed E-state index contributed by atoms with van der Waals surface area (Å²) in [5.41, 5.74) is -0.355. The molecule has 3 rings (SSSR count). The number of ether oxygens (including phenoxy) is 1. The van der Waals surface area contributed by atoms with Crippen molar-refractivity contribution in [2.24, 2.45) is 0 Å². The first-order valence-corrected chi connectivity index (χ1v) is 10.1. The number of pyridine rings is 1. The van der Waals surface area contributed by atoms with E-state index in [0.717, 1.165) is 19.2 Å². The fourth-order valence-electron chi connectivity index (χ4n) is 3.37. The molecule has 0 saturated carbocycles. The highest BCUT2D eigenvalue weighted by Crippen LogP contribution is 2.37. The summed E-state index contributed by atoms with van der Waals surface area (Å²) < 4.78 is 50.7. The van der Waals surface area contributed by atoms with Crippen LogP contribution in [0.3, 0.4) is 0 Å². The number of nitrogens with zero attached hydrogens (tertiary/aromatic N) is 3. The van der Waals surface area contributed by atoms with Crippen LogP contribution in [0.1, 0.15) is 28.0 Å². The minimum atomic E-state index is -4.57. The fourth-order valence-corrected chi connectivity index (χ4v) is 3.37. The number of methoxy groups -OCH3 is 1. The second-order valence-corrected chi connectivity index (χ2v) is 7.45. The second-order valence-electron chi connectivity index (χ2n) is 7.45. The van der Waals surface area contributed by atoms with E-state index in [1.54, 1.807) is 14.0 Å². The molecule has 0 saturated heterocycles. The van der Waals surface area contributed by atoms with Gasteiger partial charge in [0.05, 0.1) is 34.5 Å². The minimum absolute atomic E-state index is 0.00831. The van der Waals surface area contributed by atoms with Crippen molar-refractivity contribution in [2.75, 3.05) is 40.4 Å². The van der Waals surface area contributed by atoms with Gasteiger partial charge in [-0.2, -0.15) is 13.2 Å². The van der Waals surface area contributed by atoms with Crippen LogP contribution in [0.15, 0.2) is 34.9 Å². The maximum absolute atomic E-state index is 13.5. The van der Waals surface area contributed by atoms with E-state index in [1.165, 1.54) is 24.3 Å². The Bertz CT molecular complexity index is 1080. The molecule has 0 aliphatic carbocycles. The van der Waals surface area contributed by atoms with Crippen LogP contribution in [-0.4, -0.2) is 61.3 Å². The number of likely N-dealkylation sites (N-methyl/N-ethyl adjacent to an activating group) is 1. The summed E-state index contributed by atoms with van der Waals surface area (Å²) >= 11 is 0. The molecular weight excluding hydrogens is 425 g/mol.